The molecular formula is C10H17N. The predicted octanol–water partition coefficient (Wildman–Crippen LogP) is 1.88. The second kappa shape index (κ2) is 1.82. The Bertz CT molecular complexity index is 169. The Morgan fingerprint density at radius 2 is 1.82 bits per heavy atom. The normalized spacial score (nSPS) is 46.6. The van der Waals surface area contributed by atoms with Crippen LogP contribution in [0.25, 0.3) is 0 Å². The highest BCUT2D eigenvalue weighted by molar-refractivity contribution is 5.08. The van der Waals surface area contributed by atoms with E-state index in [2.05, 4.69) is 11.8 Å². The Labute approximate surface area is 68.8 Å². The molecule has 0 aromatic rings. The fraction of sp³-hybridized carbons (Fsp3) is 1.00. The Hall–Kier alpha value is -0.0400. The number of nitrogens with zero attached hydrogens (tertiary/aromatic N) is 1. The van der Waals surface area contributed by atoms with Crippen LogP contribution in [0.4, 0.5) is 0 Å². The van der Waals surface area contributed by atoms with E-state index in [4.69, 9.17) is 0 Å². The van der Waals surface area contributed by atoms with Crippen LogP contribution in [0.1, 0.15) is 32.6 Å². The fourth-order valence-electron chi connectivity index (χ4n) is 2.72. The SMILES string of the molecule is CC1CC(N2CC3(CC3)C2)C1. The monoisotopic (exact) mass is 151 g/mol. The summed E-state index contributed by atoms with van der Waals surface area (Å²) in [6.45, 7) is 5.28. The van der Waals surface area contributed by atoms with Crippen molar-refractivity contribution in [2.24, 2.45) is 11.3 Å². The van der Waals surface area contributed by atoms with Gasteiger partial charge in [0.1, 0.15) is 0 Å². The lowest BCUT2D eigenvalue weighted by atomic mass is 9.78. The molecule has 0 amide bonds. The lowest BCUT2D eigenvalue weighted by Gasteiger charge is -2.50. The first-order valence-electron chi connectivity index (χ1n) is 5.02. The quantitative estimate of drug-likeness (QED) is 0.553. The van der Waals surface area contributed by atoms with Crippen molar-refractivity contribution in [1.82, 2.24) is 4.90 Å². The maximum Gasteiger partial charge on any atom is 0.0101 e. The van der Waals surface area contributed by atoms with Crippen molar-refractivity contribution in [3.8, 4) is 0 Å². The van der Waals surface area contributed by atoms with Crippen molar-refractivity contribution < 1.29 is 0 Å². The van der Waals surface area contributed by atoms with Crippen LogP contribution >= 0.6 is 0 Å². The number of hydrogen-bond donors (Lipinski definition) is 0. The highest BCUT2D eigenvalue weighted by atomic mass is 15.3. The van der Waals surface area contributed by atoms with Crippen molar-refractivity contribution in [3.05, 3.63) is 0 Å². The van der Waals surface area contributed by atoms with Gasteiger partial charge in [-0.1, -0.05) is 6.92 Å². The summed E-state index contributed by atoms with van der Waals surface area (Å²) in [4.78, 5) is 2.72. The maximum atomic E-state index is 2.72. The smallest absolute Gasteiger partial charge is 0.0101 e. The van der Waals surface area contributed by atoms with Gasteiger partial charge in [-0.3, -0.25) is 4.90 Å². The molecule has 0 bridgehead atoms. The fourth-order valence-corrected chi connectivity index (χ4v) is 2.72. The minimum absolute atomic E-state index is 0.874. The third-order valence-electron chi connectivity index (χ3n) is 3.90. The van der Waals surface area contributed by atoms with Crippen LogP contribution in [0, 0.1) is 11.3 Å². The van der Waals surface area contributed by atoms with Gasteiger partial charge in [0.2, 0.25) is 0 Å². The molecule has 0 aromatic heterocycles. The van der Waals surface area contributed by atoms with E-state index in [-0.39, 0.29) is 0 Å². The van der Waals surface area contributed by atoms with E-state index < -0.39 is 0 Å². The minimum Gasteiger partial charge on any atom is -0.299 e. The van der Waals surface area contributed by atoms with Gasteiger partial charge in [-0.15, -0.1) is 0 Å². The van der Waals surface area contributed by atoms with E-state index in [9.17, 15) is 0 Å². The van der Waals surface area contributed by atoms with E-state index >= 15 is 0 Å². The molecule has 0 aromatic carbocycles. The molecule has 11 heavy (non-hydrogen) atoms. The first-order valence-corrected chi connectivity index (χ1v) is 5.02. The van der Waals surface area contributed by atoms with Crippen LogP contribution in [0.5, 0.6) is 0 Å². The molecule has 0 radical (unpaired) electrons. The second-order valence-corrected chi connectivity index (χ2v) is 5.14. The molecule has 3 rings (SSSR count). The molecule has 1 heterocycles. The van der Waals surface area contributed by atoms with E-state index in [0.717, 1.165) is 17.4 Å². The second-order valence-electron chi connectivity index (χ2n) is 5.14. The molecule has 3 fully saturated rings. The van der Waals surface area contributed by atoms with Gasteiger partial charge in [-0.05, 0) is 37.0 Å². The van der Waals surface area contributed by atoms with Crippen molar-refractivity contribution in [2.45, 2.75) is 38.6 Å². The first-order chi connectivity index (χ1) is 5.27. The predicted molar refractivity (Wildman–Crippen MR) is 45.4 cm³/mol. The highest BCUT2D eigenvalue weighted by Gasteiger charge is 2.54. The molecule has 0 unspecified atom stereocenters. The summed E-state index contributed by atoms with van der Waals surface area (Å²) in [6.07, 6.45) is 6.03. The van der Waals surface area contributed by atoms with Crippen LogP contribution in [-0.4, -0.2) is 24.0 Å². The van der Waals surface area contributed by atoms with Gasteiger partial charge in [-0.25, -0.2) is 0 Å². The molecule has 0 N–H and O–H groups in total. The molecule has 2 aliphatic carbocycles. The molecule has 3 aliphatic rings. The molecule has 1 spiro atoms. The maximum absolute atomic E-state index is 2.72. The molecule has 1 aliphatic heterocycles. The third kappa shape index (κ3) is 0.868. The first kappa shape index (κ1) is 6.47. The summed E-state index contributed by atoms with van der Waals surface area (Å²) >= 11 is 0. The Morgan fingerprint density at radius 3 is 2.27 bits per heavy atom. The average Bonchev–Trinajstić information content (AvgIpc) is 2.55. The molecular weight excluding hydrogens is 134 g/mol. The van der Waals surface area contributed by atoms with Gasteiger partial charge in [-0.2, -0.15) is 0 Å². The van der Waals surface area contributed by atoms with Crippen molar-refractivity contribution in [2.75, 3.05) is 13.1 Å². The number of rotatable bonds is 1. The molecule has 1 saturated heterocycles. The van der Waals surface area contributed by atoms with E-state index in [1.54, 1.807) is 0 Å². The lowest BCUT2D eigenvalue weighted by molar-refractivity contribution is -0.0166. The molecule has 2 saturated carbocycles. The summed E-state index contributed by atoms with van der Waals surface area (Å²) in [5.74, 6) is 1.02. The van der Waals surface area contributed by atoms with Crippen LogP contribution in [0.15, 0.2) is 0 Å². The summed E-state index contributed by atoms with van der Waals surface area (Å²) < 4.78 is 0. The van der Waals surface area contributed by atoms with Crippen molar-refractivity contribution in [3.63, 3.8) is 0 Å². The van der Waals surface area contributed by atoms with Crippen molar-refractivity contribution in [1.29, 1.82) is 0 Å². The Balaban J connectivity index is 1.52. The van der Waals surface area contributed by atoms with E-state index in [1.807, 2.05) is 0 Å². The van der Waals surface area contributed by atoms with Crippen LogP contribution < -0.4 is 0 Å². The number of likely N-dealkylation sites (tertiary alicyclic amines) is 1. The Kier molecular flexibility index (Phi) is 1.07. The standard InChI is InChI=1S/C10H17N/c1-8-4-9(5-8)11-6-10(7-11)2-3-10/h8-9H,2-7H2,1H3. The average molecular weight is 151 g/mol. The zero-order valence-electron chi connectivity index (χ0n) is 7.34. The third-order valence-corrected chi connectivity index (χ3v) is 3.90. The zero-order valence-corrected chi connectivity index (χ0v) is 7.34. The molecule has 1 nitrogen and oxygen atoms in total. The lowest BCUT2D eigenvalue weighted by Crippen LogP contribution is -2.57. The molecule has 0 atom stereocenters. The van der Waals surface area contributed by atoms with Gasteiger partial charge in [0.15, 0.2) is 0 Å². The Morgan fingerprint density at radius 1 is 1.18 bits per heavy atom. The topological polar surface area (TPSA) is 3.24 Å². The van der Waals surface area contributed by atoms with E-state index in [0.29, 0.717) is 0 Å². The molecule has 1 heteroatoms. The van der Waals surface area contributed by atoms with Gasteiger partial charge in [0.25, 0.3) is 0 Å². The summed E-state index contributed by atoms with van der Waals surface area (Å²) in [5.41, 5.74) is 0.874. The van der Waals surface area contributed by atoms with E-state index in [1.165, 1.54) is 38.8 Å². The highest BCUT2D eigenvalue weighted by Crippen LogP contribution is 2.55. The summed E-state index contributed by atoms with van der Waals surface area (Å²) in [7, 11) is 0. The van der Waals surface area contributed by atoms with Gasteiger partial charge >= 0.3 is 0 Å². The molecule has 62 valence electrons. The van der Waals surface area contributed by atoms with Gasteiger partial charge < -0.3 is 0 Å². The number of hydrogen-bond acceptors (Lipinski definition) is 1. The zero-order chi connectivity index (χ0) is 7.47. The van der Waals surface area contributed by atoms with Gasteiger partial charge in [0, 0.05) is 19.1 Å². The largest absolute Gasteiger partial charge is 0.299 e. The van der Waals surface area contributed by atoms with Crippen molar-refractivity contribution >= 4 is 0 Å². The summed E-state index contributed by atoms with van der Waals surface area (Å²) in [6, 6.07) is 0.997. The van der Waals surface area contributed by atoms with Gasteiger partial charge in [0.05, 0.1) is 0 Å². The summed E-state index contributed by atoms with van der Waals surface area (Å²) in [5, 5.41) is 0. The van der Waals surface area contributed by atoms with Crippen LogP contribution in [0.2, 0.25) is 0 Å². The van der Waals surface area contributed by atoms with Crippen LogP contribution in [-0.2, 0) is 0 Å². The minimum atomic E-state index is 0.874. The van der Waals surface area contributed by atoms with Crippen LogP contribution in [0.3, 0.4) is 0 Å².